The van der Waals surface area contributed by atoms with Gasteiger partial charge in [0, 0.05) is 5.56 Å². The minimum Gasteiger partial charge on any atom is -0.298 e. The van der Waals surface area contributed by atoms with Gasteiger partial charge < -0.3 is 0 Å². The summed E-state index contributed by atoms with van der Waals surface area (Å²) >= 11 is 0. The highest BCUT2D eigenvalue weighted by Gasteiger charge is 2.03. The molecular formula is C18H20O. The molecule has 0 amide bonds. The molecular weight excluding hydrogens is 232 g/mol. The molecule has 0 spiro atoms. The molecule has 0 aliphatic carbocycles. The van der Waals surface area contributed by atoms with E-state index in [1.54, 1.807) is 0 Å². The van der Waals surface area contributed by atoms with Crippen molar-refractivity contribution in [2.24, 2.45) is 0 Å². The van der Waals surface area contributed by atoms with E-state index in [0.29, 0.717) is 0 Å². The van der Waals surface area contributed by atoms with Crippen LogP contribution in [0.1, 0.15) is 41.3 Å². The number of carbonyl (C=O) groups is 1. The third kappa shape index (κ3) is 3.31. The van der Waals surface area contributed by atoms with E-state index in [-0.39, 0.29) is 0 Å². The van der Waals surface area contributed by atoms with Crippen LogP contribution in [0.4, 0.5) is 0 Å². The molecule has 0 aliphatic heterocycles. The van der Waals surface area contributed by atoms with Crippen LogP contribution in [0.3, 0.4) is 0 Å². The summed E-state index contributed by atoms with van der Waals surface area (Å²) in [5, 5.41) is 0. The van der Waals surface area contributed by atoms with Gasteiger partial charge in [0.05, 0.1) is 0 Å². The van der Waals surface area contributed by atoms with Crippen molar-refractivity contribution >= 4 is 6.29 Å². The molecule has 2 rings (SSSR count). The second-order valence-corrected chi connectivity index (χ2v) is 4.99. The van der Waals surface area contributed by atoms with Crippen molar-refractivity contribution in [1.29, 1.82) is 0 Å². The standard InChI is InChI=1S/C18H20O/c1-3-4-5-15-6-9-17(10-7-15)18-11-8-16(13-19)12-14(18)2/h6-13H,3-5H2,1-2H3. The molecule has 2 aromatic carbocycles. The summed E-state index contributed by atoms with van der Waals surface area (Å²) in [6, 6.07) is 14.6. The minimum absolute atomic E-state index is 0.737. The molecule has 0 atom stereocenters. The molecule has 0 saturated carbocycles. The van der Waals surface area contributed by atoms with Gasteiger partial charge in [0.15, 0.2) is 0 Å². The first kappa shape index (κ1) is 13.5. The highest BCUT2D eigenvalue weighted by Crippen LogP contribution is 2.24. The number of carbonyl (C=O) groups excluding carboxylic acids is 1. The lowest BCUT2D eigenvalue weighted by Gasteiger charge is -2.08. The van der Waals surface area contributed by atoms with Gasteiger partial charge in [-0.3, -0.25) is 4.79 Å². The van der Waals surface area contributed by atoms with Crippen LogP contribution in [0.25, 0.3) is 11.1 Å². The van der Waals surface area contributed by atoms with Gasteiger partial charge in [-0.1, -0.05) is 49.7 Å². The Morgan fingerprint density at radius 1 is 1.05 bits per heavy atom. The first-order valence-electron chi connectivity index (χ1n) is 6.89. The van der Waals surface area contributed by atoms with E-state index < -0.39 is 0 Å². The molecule has 0 saturated heterocycles. The molecule has 0 aromatic heterocycles. The molecule has 1 nitrogen and oxygen atoms in total. The summed E-state index contributed by atoms with van der Waals surface area (Å²) < 4.78 is 0. The van der Waals surface area contributed by atoms with Crippen LogP contribution < -0.4 is 0 Å². The highest BCUT2D eigenvalue weighted by atomic mass is 16.1. The fourth-order valence-electron chi connectivity index (χ4n) is 2.32. The number of aryl methyl sites for hydroxylation is 2. The van der Waals surface area contributed by atoms with Crippen molar-refractivity contribution in [3.05, 3.63) is 59.2 Å². The lowest BCUT2D eigenvalue weighted by Crippen LogP contribution is -1.88. The largest absolute Gasteiger partial charge is 0.298 e. The van der Waals surface area contributed by atoms with Crippen LogP contribution in [0.15, 0.2) is 42.5 Å². The van der Waals surface area contributed by atoms with Crippen LogP contribution in [0.5, 0.6) is 0 Å². The Kier molecular flexibility index (Phi) is 4.51. The molecule has 0 N–H and O–H groups in total. The third-order valence-electron chi connectivity index (χ3n) is 3.47. The summed E-state index contributed by atoms with van der Waals surface area (Å²) in [6.45, 7) is 4.26. The lowest BCUT2D eigenvalue weighted by molar-refractivity contribution is 0.112. The average Bonchev–Trinajstić information content (AvgIpc) is 2.45. The lowest BCUT2D eigenvalue weighted by atomic mass is 9.97. The zero-order valence-corrected chi connectivity index (χ0v) is 11.6. The van der Waals surface area contributed by atoms with E-state index in [1.807, 2.05) is 25.1 Å². The van der Waals surface area contributed by atoms with Gasteiger partial charge in [-0.25, -0.2) is 0 Å². The monoisotopic (exact) mass is 252 g/mol. The maximum atomic E-state index is 10.8. The molecule has 2 aromatic rings. The third-order valence-corrected chi connectivity index (χ3v) is 3.47. The number of rotatable bonds is 5. The fraction of sp³-hybridized carbons (Fsp3) is 0.278. The zero-order chi connectivity index (χ0) is 13.7. The summed E-state index contributed by atoms with van der Waals surface area (Å²) in [5.41, 5.74) is 5.70. The van der Waals surface area contributed by atoms with Crippen molar-refractivity contribution in [3.63, 3.8) is 0 Å². The Bertz CT molecular complexity index is 552. The Morgan fingerprint density at radius 3 is 2.37 bits per heavy atom. The van der Waals surface area contributed by atoms with Gasteiger partial charge in [0.2, 0.25) is 0 Å². The van der Waals surface area contributed by atoms with Crippen molar-refractivity contribution < 1.29 is 4.79 Å². The van der Waals surface area contributed by atoms with Crippen LogP contribution in [-0.2, 0) is 6.42 Å². The van der Waals surface area contributed by atoms with Gasteiger partial charge in [-0.2, -0.15) is 0 Å². The van der Waals surface area contributed by atoms with E-state index >= 15 is 0 Å². The molecule has 98 valence electrons. The van der Waals surface area contributed by atoms with Crippen LogP contribution >= 0.6 is 0 Å². The van der Waals surface area contributed by atoms with E-state index in [2.05, 4.69) is 31.2 Å². The molecule has 1 heteroatoms. The van der Waals surface area contributed by atoms with Crippen molar-refractivity contribution in [3.8, 4) is 11.1 Å². The SMILES string of the molecule is CCCCc1ccc(-c2ccc(C=O)cc2C)cc1. The number of hydrogen-bond donors (Lipinski definition) is 0. The van der Waals surface area contributed by atoms with E-state index in [4.69, 9.17) is 0 Å². The fourth-order valence-corrected chi connectivity index (χ4v) is 2.32. The first-order valence-corrected chi connectivity index (χ1v) is 6.89. The Labute approximate surface area is 115 Å². The molecule has 0 heterocycles. The second-order valence-electron chi connectivity index (χ2n) is 4.99. The smallest absolute Gasteiger partial charge is 0.150 e. The molecule has 0 aliphatic rings. The average molecular weight is 252 g/mol. The predicted molar refractivity (Wildman–Crippen MR) is 80.6 cm³/mol. The maximum Gasteiger partial charge on any atom is 0.150 e. The zero-order valence-electron chi connectivity index (χ0n) is 11.6. The van der Waals surface area contributed by atoms with Gasteiger partial charge in [-0.05, 0) is 48.1 Å². The Hall–Kier alpha value is -1.89. The summed E-state index contributed by atoms with van der Waals surface area (Å²) in [5.74, 6) is 0. The van der Waals surface area contributed by atoms with Gasteiger partial charge >= 0.3 is 0 Å². The van der Waals surface area contributed by atoms with Gasteiger partial charge in [-0.15, -0.1) is 0 Å². The molecule has 0 fully saturated rings. The summed E-state index contributed by atoms with van der Waals surface area (Å²) in [6.07, 6.45) is 4.52. The maximum absolute atomic E-state index is 10.8. The van der Waals surface area contributed by atoms with Crippen LogP contribution in [-0.4, -0.2) is 6.29 Å². The quantitative estimate of drug-likeness (QED) is 0.697. The normalized spacial score (nSPS) is 10.4. The van der Waals surface area contributed by atoms with E-state index in [0.717, 1.165) is 23.8 Å². The number of aldehydes is 1. The number of unbranched alkanes of at least 4 members (excludes halogenated alkanes) is 1. The van der Waals surface area contributed by atoms with Gasteiger partial charge in [0.25, 0.3) is 0 Å². The Morgan fingerprint density at radius 2 is 1.79 bits per heavy atom. The molecule has 0 bridgehead atoms. The summed E-state index contributed by atoms with van der Waals surface area (Å²) in [4.78, 5) is 10.8. The Balaban J connectivity index is 2.24. The van der Waals surface area contributed by atoms with Crippen molar-refractivity contribution in [2.75, 3.05) is 0 Å². The summed E-state index contributed by atoms with van der Waals surface area (Å²) in [7, 11) is 0. The van der Waals surface area contributed by atoms with Crippen LogP contribution in [0, 0.1) is 6.92 Å². The second kappa shape index (κ2) is 6.33. The topological polar surface area (TPSA) is 17.1 Å². The highest BCUT2D eigenvalue weighted by molar-refractivity contribution is 5.78. The van der Waals surface area contributed by atoms with E-state index in [1.165, 1.54) is 29.5 Å². The van der Waals surface area contributed by atoms with E-state index in [9.17, 15) is 4.79 Å². The van der Waals surface area contributed by atoms with Gasteiger partial charge in [0.1, 0.15) is 6.29 Å². The first-order chi connectivity index (χ1) is 9.24. The van der Waals surface area contributed by atoms with Crippen LogP contribution in [0.2, 0.25) is 0 Å². The number of benzene rings is 2. The molecule has 0 radical (unpaired) electrons. The van der Waals surface area contributed by atoms with Crippen molar-refractivity contribution in [1.82, 2.24) is 0 Å². The molecule has 19 heavy (non-hydrogen) atoms. The minimum atomic E-state index is 0.737. The predicted octanol–water partition coefficient (Wildman–Crippen LogP) is 4.82. The molecule has 0 unspecified atom stereocenters. The van der Waals surface area contributed by atoms with Crippen molar-refractivity contribution in [2.45, 2.75) is 33.1 Å². The number of hydrogen-bond acceptors (Lipinski definition) is 1.